The Bertz CT molecular complexity index is 1370. The summed E-state index contributed by atoms with van der Waals surface area (Å²) in [5, 5.41) is 5.69. The second-order valence-corrected chi connectivity index (χ2v) is 14.2. The van der Waals surface area contributed by atoms with Crippen LogP contribution in [0.1, 0.15) is 85.4 Å². The van der Waals surface area contributed by atoms with E-state index < -0.39 is 17.4 Å². The molecule has 2 saturated carbocycles. The highest BCUT2D eigenvalue weighted by atomic mass is 32.1. The molecular weight excluding hydrogens is 552 g/mol. The quantitative estimate of drug-likeness (QED) is 0.509. The normalized spacial score (nSPS) is 25.0. The summed E-state index contributed by atoms with van der Waals surface area (Å²) in [5.74, 6) is -0.874. The smallest absolute Gasteiger partial charge is 0.265 e. The molecule has 0 bridgehead atoms. The molecule has 1 spiro atoms. The first kappa shape index (κ1) is 28.8. The van der Waals surface area contributed by atoms with Gasteiger partial charge in [-0.25, -0.2) is 0 Å². The Morgan fingerprint density at radius 2 is 1.74 bits per heavy atom. The summed E-state index contributed by atoms with van der Waals surface area (Å²) >= 11 is 1.27. The minimum atomic E-state index is -0.959. The third-order valence-electron chi connectivity index (χ3n) is 9.94. The molecule has 2 N–H and O–H groups in total. The van der Waals surface area contributed by atoms with Crippen LogP contribution < -0.4 is 10.6 Å². The second-order valence-electron chi connectivity index (χ2n) is 13.3. The number of carbonyl (C=O) groups is 4. The van der Waals surface area contributed by atoms with Crippen molar-refractivity contribution < 1.29 is 19.2 Å². The number of likely N-dealkylation sites (N-methyl/N-ethyl adjacent to an activating group) is 1. The fourth-order valence-corrected chi connectivity index (χ4v) is 7.76. The SMILES string of the molecule is CNC(=O)C(NC(=O)[C@@H]1CN(C(=O)c2cncs2)CC12CN(C(=O)[C@H]1CC1(C)C)C2)c1cccc(C2CCCCC2)n1. The molecule has 2 aromatic rings. The Kier molecular flexibility index (Phi) is 7.57. The number of nitrogens with one attached hydrogen (secondary N) is 2. The van der Waals surface area contributed by atoms with Crippen LogP contribution in [-0.2, 0) is 14.4 Å². The topological polar surface area (TPSA) is 125 Å². The van der Waals surface area contributed by atoms with Gasteiger partial charge in [0.15, 0.2) is 6.04 Å². The number of thiazole rings is 1. The summed E-state index contributed by atoms with van der Waals surface area (Å²) in [4.78, 5) is 66.6. The van der Waals surface area contributed by atoms with Gasteiger partial charge in [0.2, 0.25) is 17.7 Å². The van der Waals surface area contributed by atoms with E-state index >= 15 is 0 Å². The first-order valence-electron chi connectivity index (χ1n) is 15.1. The van der Waals surface area contributed by atoms with E-state index in [9.17, 15) is 19.2 Å². The zero-order valence-electron chi connectivity index (χ0n) is 24.6. The van der Waals surface area contributed by atoms with Crippen LogP contribution in [0.4, 0.5) is 0 Å². The van der Waals surface area contributed by atoms with Crippen LogP contribution in [0.3, 0.4) is 0 Å². The zero-order valence-corrected chi connectivity index (χ0v) is 25.4. The number of amides is 4. The number of pyridine rings is 1. The van der Waals surface area contributed by atoms with Crippen molar-refractivity contribution in [3.05, 3.63) is 46.2 Å². The number of hydrogen-bond acceptors (Lipinski definition) is 7. The molecule has 224 valence electrons. The molecule has 2 aliphatic heterocycles. The highest BCUT2D eigenvalue weighted by molar-refractivity contribution is 7.11. The maximum absolute atomic E-state index is 14.1. The number of nitrogens with zero attached hydrogens (tertiary/aromatic N) is 4. The Labute approximate surface area is 250 Å². The Balaban J connectivity index is 1.23. The molecule has 0 radical (unpaired) electrons. The van der Waals surface area contributed by atoms with E-state index in [1.165, 1.54) is 30.6 Å². The van der Waals surface area contributed by atoms with Crippen molar-refractivity contribution in [2.45, 2.75) is 64.3 Å². The molecule has 4 fully saturated rings. The van der Waals surface area contributed by atoms with Gasteiger partial charge in [-0.2, -0.15) is 0 Å². The van der Waals surface area contributed by atoms with Crippen LogP contribution >= 0.6 is 11.3 Å². The summed E-state index contributed by atoms with van der Waals surface area (Å²) in [6.07, 6.45) is 8.15. The van der Waals surface area contributed by atoms with E-state index in [-0.39, 0.29) is 41.5 Å². The van der Waals surface area contributed by atoms with Crippen LogP contribution in [0, 0.1) is 22.7 Å². The first-order chi connectivity index (χ1) is 20.1. The number of hydrogen-bond donors (Lipinski definition) is 2. The Hall–Kier alpha value is -3.34. The van der Waals surface area contributed by atoms with E-state index in [1.807, 2.05) is 17.0 Å². The number of aromatic nitrogens is 2. The lowest BCUT2D eigenvalue weighted by atomic mass is 9.70. The van der Waals surface area contributed by atoms with Crippen molar-refractivity contribution in [1.29, 1.82) is 0 Å². The fourth-order valence-electron chi connectivity index (χ4n) is 7.18. The van der Waals surface area contributed by atoms with Gasteiger partial charge in [-0.05, 0) is 36.8 Å². The Morgan fingerprint density at radius 1 is 1.02 bits per heavy atom. The van der Waals surface area contributed by atoms with Gasteiger partial charge < -0.3 is 20.4 Å². The van der Waals surface area contributed by atoms with Crippen LogP contribution in [0.2, 0.25) is 0 Å². The molecule has 4 aliphatic rings. The van der Waals surface area contributed by atoms with Crippen molar-refractivity contribution in [2.24, 2.45) is 22.7 Å². The van der Waals surface area contributed by atoms with E-state index in [0.717, 1.165) is 25.0 Å². The predicted molar refractivity (Wildman–Crippen MR) is 157 cm³/mol. The molecule has 4 amide bonds. The second kappa shape index (κ2) is 11.1. The van der Waals surface area contributed by atoms with Crippen LogP contribution in [0.5, 0.6) is 0 Å². The summed E-state index contributed by atoms with van der Waals surface area (Å²) in [5.41, 5.74) is 2.54. The number of likely N-dealkylation sites (tertiary alicyclic amines) is 2. The van der Waals surface area contributed by atoms with Gasteiger partial charge in [0.25, 0.3) is 5.91 Å². The minimum absolute atomic E-state index is 0.0126. The van der Waals surface area contributed by atoms with Crippen LogP contribution in [0.25, 0.3) is 0 Å². The van der Waals surface area contributed by atoms with Crippen molar-refractivity contribution >= 4 is 35.0 Å². The standard InChI is InChI=1S/C31H40N6O4S/c1-30(2)12-20(30)28(40)37-16-31(17-37)15-36(29(41)24-13-33-18-42-24)14-21(31)26(38)35-25(27(39)32-3)23-11-7-10-22(34-23)19-8-5-4-6-9-19/h7,10-11,13,18-21,25H,4-6,8-9,12,14-17H2,1-3H3,(H,32,39)(H,35,38)/t20-,21+,25?/m1/s1. The van der Waals surface area contributed by atoms with Gasteiger partial charge >= 0.3 is 0 Å². The summed E-state index contributed by atoms with van der Waals surface area (Å²) in [6.45, 7) is 5.63. The maximum Gasteiger partial charge on any atom is 0.265 e. The third kappa shape index (κ3) is 5.31. The van der Waals surface area contributed by atoms with E-state index in [0.29, 0.717) is 36.1 Å². The maximum atomic E-state index is 14.1. The highest BCUT2D eigenvalue weighted by Crippen LogP contribution is 2.54. The lowest BCUT2D eigenvalue weighted by Crippen LogP contribution is -2.64. The molecule has 6 rings (SSSR count). The van der Waals surface area contributed by atoms with Crippen molar-refractivity contribution in [1.82, 2.24) is 30.4 Å². The van der Waals surface area contributed by atoms with Crippen molar-refractivity contribution in [2.75, 3.05) is 33.2 Å². The molecule has 2 saturated heterocycles. The zero-order chi connectivity index (χ0) is 29.6. The molecule has 2 aromatic heterocycles. The lowest BCUT2D eigenvalue weighted by molar-refractivity contribution is -0.151. The monoisotopic (exact) mass is 592 g/mol. The van der Waals surface area contributed by atoms with Gasteiger partial charge in [-0.3, -0.25) is 29.1 Å². The van der Waals surface area contributed by atoms with Crippen molar-refractivity contribution in [3.8, 4) is 0 Å². The number of carbonyl (C=O) groups excluding carboxylic acids is 4. The lowest BCUT2D eigenvalue weighted by Gasteiger charge is -2.50. The summed E-state index contributed by atoms with van der Waals surface area (Å²) in [7, 11) is 1.55. The van der Waals surface area contributed by atoms with Gasteiger partial charge in [-0.1, -0.05) is 39.2 Å². The molecule has 11 heteroatoms. The molecule has 4 heterocycles. The van der Waals surface area contributed by atoms with E-state index in [4.69, 9.17) is 4.98 Å². The summed E-state index contributed by atoms with van der Waals surface area (Å²) < 4.78 is 0. The molecule has 2 aliphatic carbocycles. The van der Waals surface area contributed by atoms with Crippen LogP contribution in [-0.4, -0.2) is 76.6 Å². The van der Waals surface area contributed by atoms with Crippen molar-refractivity contribution in [3.63, 3.8) is 0 Å². The molecule has 1 unspecified atom stereocenters. The van der Waals surface area contributed by atoms with Crippen LogP contribution in [0.15, 0.2) is 29.9 Å². The fraction of sp³-hybridized carbons (Fsp3) is 0.613. The first-order valence-corrected chi connectivity index (χ1v) is 16.0. The number of rotatable bonds is 7. The average molecular weight is 593 g/mol. The van der Waals surface area contributed by atoms with Gasteiger partial charge in [-0.15, -0.1) is 11.3 Å². The largest absolute Gasteiger partial charge is 0.357 e. The minimum Gasteiger partial charge on any atom is -0.357 e. The van der Waals surface area contributed by atoms with Gasteiger partial charge in [0.1, 0.15) is 4.88 Å². The van der Waals surface area contributed by atoms with E-state index in [1.54, 1.807) is 29.7 Å². The Morgan fingerprint density at radius 3 is 2.38 bits per heavy atom. The molecule has 10 nitrogen and oxygen atoms in total. The molecule has 3 atom stereocenters. The molecule has 0 aromatic carbocycles. The van der Waals surface area contributed by atoms with E-state index in [2.05, 4.69) is 29.5 Å². The third-order valence-corrected chi connectivity index (χ3v) is 10.7. The van der Waals surface area contributed by atoms with Gasteiger partial charge in [0.05, 0.1) is 23.3 Å². The average Bonchev–Trinajstić information content (AvgIpc) is 3.36. The summed E-state index contributed by atoms with van der Waals surface area (Å²) in [6, 6.07) is 4.75. The highest BCUT2D eigenvalue weighted by Gasteiger charge is 2.62. The molecule has 42 heavy (non-hydrogen) atoms. The van der Waals surface area contributed by atoms with Gasteiger partial charge in [0, 0.05) is 56.2 Å². The predicted octanol–water partition coefficient (Wildman–Crippen LogP) is 3.14. The molecular formula is C31H40N6O4S.